The van der Waals surface area contributed by atoms with E-state index < -0.39 is 15.6 Å². The molecule has 0 unspecified atom stereocenters. The third kappa shape index (κ3) is 3.56. The van der Waals surface area contributed by atoms with Crippen molar-refractivity contribution in [2.24, 2.45) is 0 Å². The van der Waals surface area contributed by atoms with E-state index in [4.69, 9.17) is 4.42 Å². The van der Waals surface area contributed by atoms with Gasteiger partial charge in [0.05, 0.1) is 20.6 Å². The first kappa shape index (κ1) is 18.4. The number of benzene rings is 2. The number of sulfone groups is 1. The Hall–Kier alpha value is -2.98. The fourth-order valence-electron chi connectivity index (χ4n) is 2.81. The molecule has 1 N–H and O–H groups in total. The molecule has 28 heavy (non-hydrogen) atoms. The van der Waals surface area contributed by atoms with E-state index in [9.17, 15) is 18.0 Å². The van der Waals surface area contributed by atoms with Crippen LogP contribution in [0.4, 0.5) is 5.13 Å². The Bertz CT molecular complexity index is 1360. The van der Waals surface area contributed by atoms with Crippen molar-refractivity contribution in [2.75, 3.05) is 11.6 Å². The van der Waals surface area contributed by atoms with Crippen molar-refractivity contribution in [1.82, 2.24) is 9.55 Å². The van der Waals surface area contributed by atoms with Crippen LogP contribution in [0.3, 0.4) is 0 Å². The van der Waals surface area contributed by atoms with Gasteiger partial charge in [-0.15, -0.1) is 0 Å². The number of amides is 1. The number of para-hydroxylation sites is 2. The van der Waals surface area contributed by atoms with Crippen LogP contribution in [0.5, 0.6) is 0 Å². The van der Waals surface area contributed by atoms with Crippen LogP contribution in [-0.4, -0.2) is 30.1 Å². The van der Waals surface area contributed by atoms with E-state index in [-0.39, 0.29) is 23.8 Å². The Labute approximate surface area is 163 Å². The average Bonchev–Trinajstić information content (AvgIpc) is 3.17. The lowest BCUT2D eigenvalue weighted by Gasteiger charge is -2.02. The number of thiazole rings is 1. The number of nitrogens with one attached hydrogen (secondary N) is 1. The highest BCUT2D eigenvalue weighted by molar-refractivity contribution is 7.90. The first-order valence-electron chi connectivity index (χ1n) is 8.30. The average molecular weight is 417 g/mol. The Kier molecular flexibility index (Phi) is 4.52. The number of carbonyl (C=O) groups is 1. The van der Waals surface area contributed by atoms with Gasteiger partial charge in [0.25, 0.3) is 0 Å². The van der Waals surface area contributed by atoms with Gasteiger partial charge in [-0.2, -0.15) is 0 Å². The third-order valence-corrected chi connectivity index (χ3v) is 6.21. The zero-order valence-corrected chi connectivity index (χ0v) is 16.3. The quantitative estimate of drug-likeness (QED) is 0.534. The molecule has 0 fully saturated rings. The molecule has 1 amide bonds. The number of aromatic nitrogens is 2. The van der Waals surface area contributed by atoms with Gasteiger partial charge in [0, 0.05) is 19.2 Å². The van der Waals surface area contributed by atoms with Crippen LogP contribution < -0.4 is 11.1 Å². The number of hydrogen-bond donors (Lipinski definition) is 1. The van der Waals surface area contributed by atoms with Gasteiger partial charge in [-0.25, -0.2) is 18.2 Å². The van der Waals surface area contributed by atoms with Crippen LogP contribution >= 0.6 is 11.3 Å². The van der Waals surface area contributed by atoms with Gasteiger partial charge >= 0.3 is 5.76 Å². The maximum absolute atomic E-state index is 12.3. The number of rotatable bonds is 5. The molecule has 144 valence electrons. The summed E-state index contributed by atoms with van der Waals surface area (Å²) >= 11 is 1.19. The predicted octanol–water partition coefficient (Wildman–Crippen LogP) is 2.64. The van der Waals surface area contributed by atoms with Crippen LogP contribution in [-0.2, 0) is 21.2 Å². The third-order valence-electron chi connectivity index (χ3n) is 4.17. The fourth-order valence-corrected chi connectivity index (χ4v) is 4.45. The van der Waals surface area contributed by atoms with Gasteiger partial charge in [-0.3, -0.25) is 9.36 Å². The second-order valence-electron chi connectivity index (χ2n) is 6.21. The minimum absolute atomic E-state index is 0.0634. The summed E-state index contributed by atoms with van der Waals surface area (Å²) in [7, 11) is -3.31. The van der Waals surface area contributed by atoms with Gasteiger partial charge in [-0.05, 0) is 30.3 Å². The molecular formula is C18H15N3O5S2. The number of anilines is 1. The molecule has 4 rings (SSSR count). The minimum Gasteiger partial charge on any atom is -0.408 e. The lowest BCUT2D eigenvalue weighted by Crippen LogP contribution is -2.19. The maximum Gasteiger partial charge on any atom is 0.419 e. The Morgan fingerprint density at radius 2 is 2.04 bits per heavy atom. The summed E-state index contributed by atoms with van der Waals surface area (Å²) in [6.45, 7) is 0.171. The molecule has 0 aliphatic carbocycles. The number of nitrogens with zero attached hydrogens (tertiary/aromatic N) is 2. The van der Waals surface area contributed by atoms with Gasteiger partial charge in [0.15, 0.2) is 20.6 Å². The van der Waals surface area contributed by atoms with Gasteiger partial charge < -0.3 is 9.73 Å². The SMILES string of the molecule is CS(=O)(=O)c1ccc2nc(NC(=O)CCn3c(=O)oc4ccccc43)sc2c1. The molecule has 4 aromatic rings. The molecule has 10 heteroatoms. The van der Waals surface area contributed by atoms with E-state index in [1.165, 1.54) is 28.0 Å². The lowest BCUT2D eigenvalue weighted by atomic mass is 10.3. The zero-order chi connectivity index (χ0) is 19.9. The molecule has 0 aliphatic heterocycles. The lowest BCUT2D eigenvalue weighted by molar-refractivity contribution is -0.116. The van der Waals surface area contributed by atoms with Crippen molar-refractivity contribution in [1.29, 1.82) is 0 Å². The zero-order valence-electron chi connectivity index (χ0n) is 14.7. The number of oxazole rings is 1. The van der Waals surface area contributed by atoms with Crippen LogP contribution in [0.25, 0.3) is 21.3 Å². The van der Waals surface area contributed by atoms with Crippen LogP contribution in [0.1, 0.15) is 6.42 Å². The molecule has 0 radical (unpaired) electrons. The molecule has 2 heterocycles. The summed E-state index contributed by atoms with van der Waals surface area (Å²) in [6.07, 6.45) is 1.20. The number of aryl methyl sites for hydroxylation is 1. The van der Waals surface area contributed by atoms with Crippen molar-refractivity contribution in [3.05, 3.63) is 53.0 Å². The highest BCUT2D eigenvalue weighted by Crippen LogP contribution is 2.28. The Morgan fingerprint density at radius 3 is 2.82 bits per heavy atom. The molecule has 0 saturated heterocycles. The molecule has 2 aromatic carbocycles. The summed E-state index contributed by atoms with van der Waals surface area (Å²) in [5, 5.41) is 3.06. The minimum atomic E-state index is -3.31. The van der Waals surface area contributed by atoms with Crippen LogP contribution in [0.15, 0.2) is 56.6 Å². The fraction of sp³-hybridized carbons (Fsp3) is 0.167. The van der Waals surface area contributed by atoms with Crippen molar-refractivity contribution < 1.29 is 17.6 Å². The molecule has 0 saturated carbocycles. The molecule has 8 nitrogen and oxygen atoms in total. The first-order chi connectivity index (χ1) is 13.3. The second-order valence-corrected chi connectivity index (χ2v) is 9.25. The highest BCUT2D eigenvalue weighted by atomic mass is 32.2. The summed E-state index contributed by atoms with van der Waals surface area (Å²) in [4.78, 5) is 28.7. The molecule has 2 aromatic heterocycles. The largest absolute Gasteiger partial charge is 0.419 e. The molecule has 0 atom stereocenters. The molecule has 0 bridgehead atoms. The normalized spacial score (nSPS) is 11.9. The topological polar surface area (TPSA) is 111 Å². The van der Waals surface area contributed by atoms with Crippen molar-refractivity contribution in [3.63, 3.8) is 0 Å². The second kappa shape index (κ2) is 6.88. The van der Waals surface area contributed by atoms with Crippen LogP contribution in [0, 0.1) is 0 Å². The summed E-state index contributed by atoms with van der Waals surface area (Å²) < 4.78 is 30.5. The monoisotopic (exact) mass is 417 g/mol. The van der Waals surface area contributed by atoms with E-state index in [2.05, 4.69) is 10.3 Å². The van der Waals surface area contributed by atoms with E-state index >= 15 is 0 Å². The number of hydrogen-bond acceptors (Lipinski definition) is 7. The molecular weight excluding hydrogens is 402 g/mol. The van der Waals surface area contributed by atoms with Crippen molar-refractivity contribution in [2.45, 2.75) is 17.9 Å². The Balaban J connectivity index is 1.49. The van der Waals surface area contributed by atoms with E-state index in [0.29, 0.717) is 26.4 Å². The summed E-state index contributed by atoms with van der Waals surface area (Å²) in [5.74, 6) is -0.818. The number of fused-ring (bicyclic) bond motifs is 2. The maximum atomic E-state index is 12.3. The number of carbonyl (C=O) groups excluding carboxylic acids is 1. The van der Waals surface area contributed by atoms with Gasteiger partial charge in [0.2, 0.25) is 5.91 Å². The van der Waals surface area contributed by atoms with Gasteiger partial charge in [-0.1, -0.05) is 23.5 Å². The van der Waals surface area contributed by atoms with Gasteiger partial charge in [0.1, 0.15) is 0 Å². The van der Waals surface area contributed by atoms with Crippen molar-refractivity contribution >= 4 is 53.5 Å². The highest BCUT2D eigenvalue weighted by Gasteiger charge is 2.14. The standard InChI is InChI=1S/C18H15N3O5S2/c1-28(24,25)11-6-7-12-15(10-11)27-17(19-12)20-16(22)8-9-21-13-4-2-3-5-14(13)26-18(21)23/h2-7,10H,8-9H2,1H3,(H,19,20,22). The molecule has 0 aliphatic rings. The smallest absolute Gasteiger partial charge is 0.408 e. The predicted molar refractivity (Wildman–Crippen MR) is 106 cm³/mol. The summed E-state index contributed by atoms with van der Waals surface area (Å²) in [5.41, 5.74) is 1.71. The van der Waals surface area contributed by atoms with E-state index in [0.717, 1.165) is 6.26 Å². The Morgan fingerprint density at radius 1 is 1.25 bits per heavy atom. The van der Waals surface area contributed by atoms with Crippen molar-refractivity contribution in [3.8, 4) is 0 Å². The van der Waals surface area contributed by atoms with E-state index in [1.807, 2.05) is 0 Å². The first-order valence-corrected chi connectivity index (χ1v) is 11.0. The summed E-state index contributed by atoms with van der Waals surface area (Å²) in [6, 6.07) is 11.6. The van der Waals surface area contributed by atoms with E-state index in [1.54, 1.807) is 30.3 Å². The van der Waals surface area contributed by atoms with Crippen LogP contribution in [0.2, 0.25) is 0 Å². The molecule has 0 spiro atoms.